The molecule has 5 heteroatoms. The van der Waals surface area contributed by atoms with E-state index in [4.69, 9.17) is 16.3 Å². The second kappa shape index (κ2) is 6.76. The zero-order valence-electron chi connectivity index (χ0n) is 12.2. The first kappa shape index (κ1) is 15.6. The van der Waals surface area contributed by atoms with Crippen LogP contribution in [0.2, 0.25) is 5.02 Å². The van der Waals surface area contributed by atoms with E-state index in [1.807, 2.05) is 4.57 Å². The zero-order chi connectivity index (χ0) is 15.4. The molecule has 112 valence electrons. The van der Waals surface area contributed by atoms with Crippen LogP contribution in [0.3, 0.4) is 0 Å². The molecule has 0 aliphatic rings. The van der Waals surface area contributed by atoms with Gasteiger partial charge in [0.05, 0.1) is 12.1 Å². The third kappa shape index (κ3) is 3.27. The van der Waals surface area contributed by atoms with E-state index in [9.17, 15) is 9.59 Å². The van der Waals surface area contributed by atoms with Crippen molar-refractivity contribution >= 4 is 28.5 Å². The number of ether oxygens (including phenoxy) is 1. The van der Waals surface area contributed by atoms with E-state index in [2.05, 4.69) is 6.92 Å². The van der Waals surface area contributed by atoms with Gasteiger partial charge in [-0.15, -0.1) is 0 Å². The Morgan fingerprint density at radius 1 is 1.33 bits per heavy atom. The van der Waals surface area contributed by atoms with Crippen LogP contribution in [-0.4, -0.2) is 17.1 Å². The van der Waals surface area contributed by atoms with Crippen molar-refractivity contribution in [2.24, 2.45) is 0 Å². The number of esters is 1. The van der Waals surface area contributed by atoms with E-state index in [1.54, 1.807) is 31.3 Å². The standard InChI is InChI=1S/C16H18ClNO3/c1-3-5-8-18-10-13(16(20)21-4-2)15(19)12-7-6-11(17)9-14(12)18/h6-7,9-10H,3-5,8H2,1-2H3. The lowest BCUT2D eigenvalue weighted by atomic mass is 10.1. The van der Waals surface area contributed by atoms with Crippen molar-refractivity contribution < 1.29 is 9.53 Å². The van der Waals surface area contributed by atoms with Gasteiger partial charge in [-0.05, 0) is 31.5 Å². The minimum absolute atomic E-state index is 0.0720. The summed E-state index contributed by atoms with van der Waals surface area (Å²) < 4.78 is 6.86. The highest BCUT2D eigenvalue weighted by molar-refractivity contribution is 6.31. The minimum atomic E-state index is -0.579. The van der Waals surface area contributed by atoms with Crippen molar-refractivity contribution in [1.82, 2.24) is 4.57 Å². The molecule has 0 saturated heterocycles. The third-order valence-corrected chi connectivity index (χ3v) is 3.53. The van der Waals surface area contributed by atoms with Crippen LogP contribution in [-0.2, 0) is 11.3 Å². The molecule has 0 saturated carbocycles. The SMILES string of the molecule is CCCCn1cc(C(=O)OCC)c(=O)c2ccc(Cl)cc21. The second-order valence-electron chi connectivity index (χ2n) is 4.80. The molecule has 1 heterocycles. The maximum absolute atomic E-state index is 12.4. The topological polar surface area (TPSA) is 48.3 Å². The molecule has 0 unspecified atom stereocenters. The van der Waals surface area contributed by atoms with E-state index in [1.165, 1.54) is 0 Å². The first-order valence-electron chi connectivity index (χ1n) is 7.08. The van der Waals surface area contributed by atoms with Crippen LogP contribution < -0.4 is 5.43 Å². The molecule has 1 aromatic heterocycles. The number of benzene rings is 1. The Morgan fingerprint density at radius 2 is 2.10 bits per heavy atom. The molecule has 0 fully saturated rings. The van der Waals surface area contributed by atoms with Crippen molar-refractivity contribution in [1.29, 1.82) is 0 Å². The van der Waals surface area contributed by atoms with Gasteiger partial charge < -0.3 is 9.30 Å². The average Bonchev–Trinajstić information content (AvgIpc) is 2.46. The lowest BCUT2D eigenvalue weighted by Crippen LogP contribution is -2.21. The molecule has 2 aromatic rings. The number of rotatable bonds is 5. The second-order valence-corrected chi connectivity index (χ2v) is 5.24. The van der Waals surface area contributed by atoms with Crippen LogP contribution in [0, 0.1) is 0 Å². The lowest BCUT2D eigenvalue weighted by molar-refractivity contribution is 0.0524. The van der Waals surface area contributed by atoms with Gasteiger partial charge in [-0.2, -0.15) is 0 Å². The number of aromatic nitrogens is 1. The number of halogens is 1. The number of carbonyl (C=O) groups is 1. The van der Waals surface area contributed by atoms with Crippen LogP contribution in [0.15, 0.2) is 29.2 Å². The summed E-state index contributed by atoms with van der Waals surface area (Å²) >= 11 is 6.02. The molecule has 0 bridgehead atoms. The number of hydrogen-bond donors (Lipinski definition) is 0. The smallest absolute Gasteiger partial charge is 0.343 e. The number of nitrogens with zero attached hydrogens (tertiary/aromatic N) is 1. The number of aryl methyl sites for hydroxylation is 1. The van der Waals surface area contributed by atoms with E-state index in [-0.39, 0.29) is 17.6 Å². The predicted octanol–water partition coefficient (Wildman–Crippen LogP) is 3.63. The maximum atomic E-state index is 12.4. The Labute approximate surface area is 128 Å². The molecule has 0 N–H and O–H groups in total. The van der Waals surface area contributed by atoms with Crippen molar-refractivity contribution in [2.45, 2.75) is 33.2 Å². The van der Waals surface area contributed by atoms with Gasteiger partial charge in [0.15, 0.2) is 0 Å². The van der Waals surface area contributed by atoms with Crippen molar-refractivity contribution in [3.63, 3.8) is 0 Å². The van der Waals surface area contributed by atoms with Crippen LogP contribution in [0.25, 0.3) is 10.9 Å². The molecule has 0 aliphatic heterocycles. The fourth-order valence-corrected chi connectivity index (χ4v) is 2.40. The summed E-state index contributed by atoms with van der Waals surface area (Å²) in [6.45, 7) is 4.77. The van der Waals surface area contributed by atoms with Crippen molar-refractivity contribution in [3.8, 4) is 0 Å². The average molecular weight is 308 g/mol. The summed E-state index contributed by atoms with van der Waals surface area (Å²) in [6, 6.07) is 5.07. The molecule has 1 aromatic carbocycles. The monoisotopic (exact) mass is 307 g/mol. The Balaban J connectivity index is 2.66. The van der Waals surface area contributed by atoms with Crippen LogP contribution in [0.5, 0.6) is 0 Å². The normalized spacial score (nSPS) is 10.8. The summed E-state index contributed by atoms with van der Waals surface area (Å²) in [4.78, 5) is 24.4. The molecule has 0 amide bonds. The predicted molar refractivity (Wildman–Crippen MR) is 84.1 cm³/mol. The summed E-state index contributed by atoms with van der Waals surface area (Å²) in [6.07, 6.45) is 3.55. The van der Waals surface area contributed by atoms with Gasteiger partial charge in [-0.3, -0.25) is 4.79 Å². The van der Waals surface area contributed by atoms with Gasteiger partial charge in [0.25, 0.3) is 0 Å². The number of hydrogen-bond acceptors (Lipinski definition) is 3. The Hall–Kier alpha value is -1.81. The highest BCUT2D eigenvalue weighted by Gasteiger charge is 2.16. The molecule has 0 spiro atoms. The maximum Gasteiger partial charge on any atom is 0.343 e. The Morgan fingerprint density at radius 3 is 2.76 bits per heavy atom. The first-order valence-corrected chi connectivity index (χ1v) is 7.46. The fraction of sp³-hybridized carbons (Fsp3) is 0.375. The summed E-state index contributed by atoms with van der Waals surface area (Å²) in [5.41, 5.74) is 0.504. The largest absolute Gasteiger partial charge is 0.462 e. The zero-order valence-corrected chi connectivity index (χ0v) is 12.9. The van der Waals surface area contributed by atoms with Gasteiger partial charge in [-0.25, -0.2) is 4.79 Å². The number of unbranched alkanes of at least 4 members (excludes halogenated alkanes) is 1. The lowest BCUT2D eigenvalue weighted by Gasteiger charge is -2.13. The quantitative estimate of drug-likeness (QED) is 0.792. The van der Waals surface area contributed by atoms with E-state index < -0.39 is 5.97 Å². The molecule has 0 atom stereocenters. The van der Waals surface area contributed by atoms with Crippen LogP contribution >= 0.6 is 11.6 Å². The molecular formula is C16H18ClNO3. The third-order valence-electron chi connectivity index (χ3n) is 3.29. The van der Waals surface area contributed by atoms with Crippen molar-refractivity contribution in [2.75, 3.05) is 6.61 Å². The number of carbonyl (C=O) groups excluding carboxylic acids is 1. The minimum Gasteiger partial charge on any atom is -0.462 e. The van der Waals surface area contributed by atoms with Crippen molar-refractivity contribution in [3.05, 3.63) is 45.2 Å². The Bertz CT molecular complexity index is 721. The molecule has 0 radical (unpaired) electrons. The highest BCUT2D eigenvalue weighted by atomic mass is 35.5. The van der Waals surface area contributed by atoms with Gasteiger partial charge >= 0.3 is 5.97 Å². The van der Waals surface area contributed by atoms with Crippen LogP contribution in [0.1, 0.15) is 37.0 Å². The van der Waals surface area contributed by atoms with Gasteiger partial charge in [-0.1, -0.05) is 24.9 Å². The van der Waals surface area contributed by atoms with E-state index in [0.29, 0.717) is 10.4 Å². The molecule has 0 aliphatic carbocycles. The van der Waals surface area contributed by atoms with Gasteiger partial charge in [0.1, 0.15) is 5.56 Å². The number of pyridine rings is 1. The number of fused-ring (bicyclic) bond motifs is 1. The summed E-state index contributed by atoms with van der Waals surface area (Å²) in [5.74, 6) is -0.579. The molecule has 21 heavy (non-hydrogen) atoms. The summed E-state index contributed by atoms with van der Waals surface area (Å²) in [7, 11) is 0. The van der Waals surface area contributed by atoms with Gasteiger partial charge in [0, 0.05) is 23.2 Å². The first-order chi connectivity index (χ1) is 10.1. The van der Waals surface area contributed by atoms with Gasteiger partial charge in [0.2, 0.25) is 5.43 Å². The van der Waals surface area contributed by atoms with E-state index >= 15 is 0 Å². The van der Waals surface area contributed by atoms with E-state index in [0.717, 1.165) is 24.9 Å². The molecule has 2 rings (SSSR count). The Kier molecular flexibility index (Phi) is 5.02. The molecule has 4 nitrogen and oxygen atoms in total. The molecular weight excluding hydrogens is 290 g/mol. The highest BCUT2D eigenvalue weighted by Crippen LogP contribution is 2.18. The van der Waals surface area contributed by atoms with Crippen LogP contribution in [0.4, 0.5) is 0 Å². The summed E-state index contributed by atoms with van der Waals surface area (Å²) in [5, 5.41) is 1.05. The fourth-order valence-electron chi connectivity index (χ4n) is 2.23.